The van der Waals surface area contributed by atoms with Crippen molar-refractivity contribution in [3.05, 3.63) is 59.7 Å². The molecule has 0 saturated heterocycles. The summed E-state index contributed by atoms with van der Waals surface area (Å²) < 4.78 is 0. The number of amides is 3. The Kier molecular flexibility index (Phi) is 11.2. The molecule has 1 heterocycles. The van der Waals surface area contributed by atoms with Crippen molar-refractivity contribution in [2.75, 3.05) is 5.32 Å². The van der Waals surface area contributed by atoms with E-state index in [1.165, 1.54) is 19.1 Å². The largest absolute Gasteiger partial charge is 0.508 e. The summed E-state index contributed by atoms with van der Waals surface area (Å²) in [6.07, 6.45) is 1.16. The first-order chi connectivity index (χ1) is 20.0. The van der Waals surface area contributed by atoms with Crippen molar-refractivity contribution < 1.29 is 39.0 Å². The number of fused-ring (bicyclic) bond motifs is 1. The van der Waals surface area contributed by atoms with E-state index in [1.807, 2.05) is 24.3 Å². The summed E-state index contributed by atoms with van der Waals surface area (Å²) in [7, 11) is 0. The molecule has 12 heteroatoms. The highest BCUT2D eigenvalue weighted by Crippen LogP contribution is 2.32. The van der Waals surface area contributed by atoms with Crippen molar-refractivity contribution >= 4 is 42.0 Å². The highest BCUT2D eigenvalue weighted by molar-refractivity contribution is 5.89. The number of phenols is 1. The Balaban J connectivity index is 1.75. The normalized spacial score (nSPS) is 18.5. The van der Waals surface area contributed by atoms with Gasteiger partial charge in [-0.15, -0.1) is 0 Å². The molecule has 0 bridgehead atoms. The maximum Gasteiger partial charge on any atom is 0.305 e. The molecule has 2 unspecified atom stereocenters. The molecule has 0 aliphatic carbocycles. The molecule has 0 saturated carbocycles. The van der Waals surface area contributed by atoms with Crippen LogP contribution in [0.25, 0.3) is 0 Å². The lowest BCUT2D eigenvalue weighted by atomic mass is 9.80. The van der Waals surface area contributed by atoms with Gasteiger partial charge in [-0.2, -0.15) is 0 Å². The first-order valence-electron chi connectivity index (χ1n) is 13.6. The number of para-hydroxylation sites is 1. The number of aliphatic carboxylic acids is 1. The summed E-state index contributed by atoms with van der Waals surface area (Å²) in [5.74, 6) is -3.82. The van der Waals surface area contributed by atoms with E-state index in [4.69, 9.17) is 5.11 Å². The molecule has 12 nitrogen and oxygen atoms in total. The first-order valence-corrected chi connectivity index (χ1v) is 13.6. The van der Waals surface area contributed by atoms with Crippen LogP contribution in [0.3, 0.4) is 0 Å². The molecule has 1 aliphatic heterocycles. The minimum atomic E-state index is -1.22. The fraction of sp³-hybridized carbons (Fsp3) is 0.400. The van der Waals surface area contributed by atoms with Crippen molar-refractivity contribution in [3.63, 3.8) is 0 Å². The Morgan fingerprint density at radius 3 is 2.31 bits per heavy atom. The number of hydrogen-bond acceptors (Lipinski definition) is 8. The lowest BCUT2D eigenvalue weighted by molar-refractivity contribution is -0.139. The number of carboxylic acids is 1. The molecular formula is C30H36N4O8. The van der Waals surface area contributed by atoms with Crippen LogP contribution in [0.1, 0.15) is 37.8 Å². The lowest BCUT2D eigenvalue weighted by Crippen LogP contribution is -2.53. The van der Waals surface area contributed by atoms with Gasteiger partial charge >= 0.3 is 5.97 Å². The number of aromatic hydroxyl groups is 1. The summed E-state index contributed by atoms with van der Waals surface area (Å²) in [5.41, 5.74) is 2.37. The minimum Gasteiger partial charge on any atom is -0.508 e. The maximum absolute atomic E-state index is 13.3. The van der Waals surface area contributed by atoms with E-state index in [-0.39, 0.29) is 18.6 Å². The Labute approximate surface area is 243 Å². The molecule has 6 N–H and O–H groups in total. The third-order valence-corrected chi connectivity index (χ3v) is 7.27. The predicted octanol–water partition coefficient (Wildman–Crippen LogP) is 0.961. The highest BCUT2D eigenvalue weighted by Gasteiger charge is 2.37. The molecule has 2 aromatic carbocycles. The number of phenolic OH excluding ortho intramolecular Hbond substituents is 1. The molecular weight excluding hydrogens is 544 g/mol. The van der Waals surface area contributed by atoms with Gasteiger partial charge < -0.3 is 41.1 Å². The van der Waals surface area contributed by atoms with Crippen LogP contribution >= 0.6 is 0 Å². The summed E-state index contributed by atoms with van der Waals surface area (Å²) in [6, 6.07) is 9.96. The second kappa shape index (κ2) is 14.8. The predicted molar refractivity (Wildman–Crippen MR) is 152 cm³/mol. The van der Waals surface area contributed by atoms with Crippen molar-refractivity contribution in [3.8, 4) is 5.75 Å². The molecule has 1 aliphatic rings. The summed E-state index contributed by atoms with van der Waals surface area (Å²) in [5, 5.41) is 29.7. The number of nitrogens with one attached hydrogen (secondary N) is 4. The average Bonchev–Trinajstić information content (AvgIpc) is 2.95. The fourth-order valence-corrected chi connectivity index (χ4v) is 5.07. The van der Waals surface area contributed by atoms with E-state index in [1.54, 1.807) is 19.1 Å². The number of carbonyl (C=O) groups excluding carboxylic acids is 5. The zero-order valence-corrected chi connectivity index (χ0v) is 23.4. The molecule has 0 spiro atoms. The molecule has 224 valence electrons. The third kappa shape index (κ3) is 8.88. The maximum atomic E-state index is 13.3. The molecule has 42 heavy (non-hydrogen) atoms. The Morgan fingerprint density at radius 1 is 1.00 bits per heavy atom. The number of rotatable bonds is 14. The highest BCUT2D eigenvalue weighted by atomic mass is 16.4. The van der Waals surface area contributed by atoms with Gasteiger partial charge in [0.1, 0.15) is 24.4 Å². The van der Waals surface area contributed by atoms with E-state index in [9.17, 15) is 33.9 Å². The second-order valence-electron chi connectivity index (χ2n) is 10.6. The number of carbonyl (C=O) groups is 6. The average molecular weight is 581 g/mol. The molecule has 3 amide bonds. The number of aldehydes is 2. The molecule has 6 atom stereocenters. The monoisotopic (exact) mass is 580 g/mol. The van der Waals surface area contributed by atoms with Crippen LogP contribution in [0.4, 0.5) is 5.69 Å². The van der Waals surface area contributed by atoms with E-state index in [2.05, 4.69) is 21.3 Å². The van der Waals surface area contributed by atoms with Crippen molar-refractivity contribution in [2.24, 2.45) is 11.8 Å². The van der Waals surface area contributed by atoms with Gasteiger partial charge in [0, 0.05) is 25.1 Å². The topological polar surface area (TPSA) is 191 Å². The van der Waals surface area contributed by atoms with Gasteiger partial charge in [-0.05, 0) is 48.1 Å². The fourth-order valence-electron chi connectivity index (χ4n) is 5.07. The molecule has 2 aromatic rings. The van der Waals surface area contributed by atoms with Gasteiger partial charge in [0.15, 0.2) is 0 Å². The SMILES string of the molecule is CC(=O)N[C@@H](Cc1ccc(O)cc1)C(=O)N[C@H](C=O)C(C)CC1Nc2ccccc2C[C@H]1C(=O)N[C@H](C=O)CC(=O)O. The summed E-state index contributed by atoms with van der Waals surface area (Å²) in [4.78, 5) is 72.9. The quantitative estimate of drug-likeness (QED) is 0.177. The standard InChI is InChI=1S/C30H36N4O8/c1-17(27(16-36)34-30(42)26(31-18(2)37)12-19-7-9-22(38)10-8-19)11-25-23(13-20-5-3-4-6-24(20)33-25)29(41)32-21(15-35)14-28(39)40/h3-10,15-17,21,23,25-27,33,38H,11-14H2,1-2H3,(H,31,37)(H,32,41)(H,34,42)(H,39,40)/t17?,21-,23+,25?,26-,27+/m0/s1. The van der Waals surface area contributed by atoms with Crippen LogP contribution in [0.5, 0.6) is 5.75 Å². The van der Waals surface area contributed by atoms with E-state index in [0.29, 0.717) is 24.6 Å². The van der Waals surface area contributed by atoms with Crippen LogP contribution < -0.4 is 21.3 Å². The minimum absolute atomic E-state index is 0.0589. The van der Waals surface area contributed by atoms with Gasteiger partial charge in [0.05, 0.1) is 24.4 Å². The van der Waals surface area contributed by atoms with Gasteiger partial charge in [0.2, 0.25) is 17.7 Å². The van der Waals surface area contributed by atoms with Gasteiger partial charge in [-0.25, -0.2) is 0 Å². The number of anilines is 1. The van der Waals surface area contributed by atoms with Crippen LogP contribution in [0.15, 0.2) is 48.5 Å². The zero-order valence-electron chi connectivity index (χ0n) is 23.4. The van der Waals surface area contributed by atoms with Crippen molar-refractivity contribution in [1.29, 1.82) is 0 Å². The molecule has 3 rings (SSSR count). The van der Waals surface area contributed by atoms with Gasteiger partial charge in [-0.3, -0.25) is 19.2 Å². The zero-order chi connectivity index (χ0) is 30.8. The van der Waals surface area contributed by atoms with E-state index in [0.717, 1.165) is 11.3 Å². The van der Waals surface area contributed by atoms with Gasteiger partial charge in [0.25, 0.3) is 0 Å². The van der Waals surface area contributed by atoms with E-state index < -0.39 is 66.1 Å². The third-order valence-electron chi connectivity index (χ3n) is 7.27. The first kappa shape index (κ1) is 31.8. The summed E-state index contributed by atoms with van der Waals surface area (Å²) in [6.45, 7) is 3.03. The van der Waals surface area contributed by atoms with Crippen LogP contribution in [0.2, 0.25) is 0 Å². The molecule has 0 fully saturated rings. The Morgan fingerprint density at radius 2 is 1.69 bits per heavy atom. The Hall–Kier alpha value is -4.74. The Bertz CT molecular complexity index is 1300. The van der Waals surface area contributed by atoms with E-state index >= 15 is 0 Å². The summed E-state index contributed by atoms with van der Waals surface area (Å²) >= 11 is 0. The van der Waals surface area contributed by atoms with Gasteiger partial charge in [-0.1, -0.05) is 37.3 Å². The van der Waals surface area contributed by atoms with Crippen LogP contribution in [-0.2, 0) is 41.6 Å². The smallest absolute Gasteiger partial charge is 0.305 e. The molecule has 0 aromatic heterocycles. The number of benzene rings is 2. The second-order valence-corrected chi connectivity index (χ2v) is 10.6. The van der Waals surface area contributed by atoms with Crippen LogP contribution in [0, 0.1) is 11.8 Å². The van der Waals surface area contributed by atoms with Crippen LogP contribution in [-0.4, -0.2) is 70.6 Å². The number of hydrogen-bond donors (Lipinski definition) is 6. The lowest BCUT2D eigenvalue weighted by Gasteiger charge is -2.36. The van der Waals surface area contributed by atoms with Crippen molar-refractivity contribution in [2.45, 2.75) is 63.7 Å². The van der Waals surface area contributed by atoms with Crippen molar-refractivity contribution in [1.82, 2.24) is 16.0 Å². The molecule has 0 radical (unpaired) electrons. The number of carboxylic acid groups (broad SMARTS) is 1.